The molecule has 0 heterocycles. The minimum Gasteiger partial charge on any atom is -0.785 e. The van der Waals surface area contributed by atoms with E-state index in [0.29, 0.717) is 11.8 Å². The zero-order valence-corrected chi connectivity index (χ0v) is 17.2. The summed E-state index contributed by atoms with van der Waals surface area (Å²) >= 11 is 0. The highest BCUT2D eigenvalue weighted by Gasteiger charge is 2.53. The van der Waals surface area contributed by atoms with Gasteiger partial charge in [-0.05, 0) is 70.3 Å². The number of hydrogen-bond donors (Lipinski definition) is 0. The van der Waals surface area contributed by atoms with Crippen molar-refractivity contribution in [3.8, 4) is 0 Å². The van der Waals surface area contributed by atoms with Crippen molar-refractivity contribution in [1.82, 2.24) is 5.06 Å². The highest BCUT2D eigenvalue weighted by atomic mass is 16.5. The van der Waals surface area contributed by atoms with E-state index in [2.05, 4.69) is 0 Å². The van der Waals surface area contributed by atoms with Crippen LogP contribution in [0.3, 0.4) is 0 Å². The fourth-order valence-electron chi connectivity index (χ4n) is 7.19. The number of nitrogens with zero attached hydrogens (tertiary/aromatic N) is 1. The van der Waals surface area contributed by atoms with Gasteiger partial charge in [0.2, 0.25) is 0 Å². The molecule has 4 heteroatoms. The maximum atomic E-state index is 12.9. The van der Waals surface area contributed by atoms with E-state index < -0.39 is 0 Å². The monoisotopic (exact) mass is 376 g/mol. The Morgan fingerprint density at radius 1 is 0.889 bits per heavy atom. The zero-order valence-electron chi connectivity index (χ0n) is 17.2. The van der Waals surface area contributed by atoms with Crippen LogP contribution in [0.1, 0.15) is 96.3 Å². The van der Waals surface area contributed by atoms with Crippen molar-refractivity contribution in [2.24, 2.45) is 23.2 Å². The number of rotatable bonds is 3. The van der Waals surface area contributed by atoms with E-state index in [9.17, 15) is 10.0 Å². The molecule has 1 spiro atoms. The second kappa shape index (κ2) is 8.41. The summed E-state index contributed by atoms with van der Waals surface area (Å²) < 4.78 is 6.30. The Morgan fingerprint density at radius 2 is 1.52 bits per heavy atom. The average molecular weight is 377 g/mol. The van der Waals surface area contributed by atoms with Crippen LogP contribution in [0.15, 0.2) is 0 Å². The van der Waals surface area contributed by atoms with Crippen molar-refractivity contribution < 1.29 is 9.53 Å². The van der Waals surface area contributed by atoms with Gasteiger partial charge in [-0.3, -0.25) is 4.79 Å². The summed E-state index contributed by atoms with van der Waals surface area (Å²) in [6.45, 7) is 0. The number of fused-ring (bicyclic) bond motifs is 2. The lowest BCUT2D eigenvalue weighted by molar-refractivity contribution is -0.177. The van der Waals surface area contributed by atoms with Crippen molar-refractivity contribution in [2.75, 3.05) is 7.05 Å². The van der Waals surface area contributed by atoms with Crippen molar-refractivity contribution in [3.63, 3.8) is 0 Å². The molecule has 4 rings (SSSR count). The molecule has 4 fully saturated rings. The second-order valence-corrected chi connectivity index (χ2v) is 10.1. The molecule has 0 aromatic rings. The van der Waals surface area contributed by atoms with Crippen LogP contribution in [0, 0.1) is 28.4 Å². The van der Waals surface area contributed by atoms with Crippen molar-refractivity contribution in [2.45, 2.75) is 108 Å². The van der Waals surface area contributed by atoms with Crippen molar-refractivity contribution in [3.05, 3.63) is 5.21 Å². The minimum atomic E-state index is 0.0898. The lowest BCUT2D eigenvalue weighted by Crippen LogP contribution is -2.56. The third kappa shape index (κ3) is 4.07. The van der Waals surface area contributed by atoms with Crippen LogP contribution in [0.25, 0.3) is 0 Å². The highest BCUT2D eigenvalue weighted by Crippen LogP contribution is 2.57. The highest BCUT2D eigenvalue weighted by molar-refractivity contribution is 5.72. The van der Waals surface area contributed by atoms with E-state index in [-0.39, 0.29) is 29.4 Å². The van der Waals surface area contributed by atoms with Gasteiger partial charge in [-0.2, -0.15) is 0 Å². The lowest BCUT2D eigenvalue weighted by atomic mass is 9.54. The Bertz CT molecular complexity index is 516. The van der Waals surface area contributed by atoms with Gasteiger partial charge in [0.05, 0.1) is 5.92 Å². The number of carbonyl (C=O) groups is 1. The van der Waals surface area contributed by atoms with Gasteiger partial charge in [0, 0.05) is 11.5 Å². The molecule has 0 saturated heterocycles. The Balaban J connectivity index is 1.53. The van der Waals surface area contributed by atoms with Crippen LogP contribution in [0.4, 0.5) is 0 Å². The predicted octanol–water partition coefficient (Wildman–Crippen LogP) is 5.44. The largest absolute Gasteiger partial charge is 0.785 e. The third-order valence-electron chi connectivity index (χ3n) is 8.40. The van der Waals surface area contributed by atoms with Crippen molar-refractivity contribution in [1.29, 1.82) is 0 Å². The molecule has 4 aliphatic rings. The first-order valence-corrected chi connectivity index (χ1v) is 11.7. The van der Waals surface area contributed by atoms with E-state index in [1.54, 1.807) is 7.05 Å². The van der Waals surface area contributed by atoms with Gasteiger partial charge in [0.15, 0.2) is 0 Å². The zero-order chi connectivity index (χ0) is 18.9. The van der Waals surface area contributed by atoms with Gasteiger partial charge in [-0.1, -0.05) is 44.9 Å². The summed E-state index contributed by atoms with van der Waals surface area (Å²) in [5.41, 5.74) is 0.148. The first-order chi connectivity index (χ1) is 13.1. The summed E-state index contributed by atoms with van der Waals surface area (Å²) in [5.74, 6) is 1.21. The summed E-state index contributed by atoms with van der Waals surface area (Å²) in [5, 5.41) is 13.6. The topological polar surface area (TPSA) is 52.6 Å². The van der Waals surface area contributed by atoms with E-state index >= 15 is 0 Å². The molecule has 0 aromatic carbocycles. The van der Waals surface area contributed by atoms with Gasteiger partial charge in [-0.25, -0.2) is 0 Å². The molecule has 4 nitrogen and oxygen atoms in total. The van der Waals surface area contributed by atoms with Crippen LogP contribution >= 0.6 is 0 Å². The van der Waals surface area contributed by atoms with Crippen molar-refractivity contribution >= 4 is 5.97 Å². The number of ether oxygens (including phenoxy) is 1. The maximum Gasteiger partial charge on any atom is 0.309 e. The fourth-order valence-corrected chi connectivity index (χ4v) is 7.19. The Morgan fingerprint density at radius 3 is 2.26 bits per heavy atom. The van der Waals surface area contributed by atoms with Gasteiger partial charge in [0.25, 0.3) is 0 Å². The third-order valence-corrected chi connectivity index (χ3v) is 8.40. The molecule has 0 radical (unpaired) electrons. The van der Waals surface area contributed by atoms with Gasteiger partial charge < -0.3 is 15.0 Å². The summed E-state index contributed by atoms with van der Waals surface area (Å²) in [6.07, 6.45) is 17.5. The standard InChI is InChI=1S/C23H38NO3/c1-24(26)21-18-11-5-2-3-8-14-23(15-18)16-19(21)12-13-20(23)27-22(25)17-9-6-4-7-10-17/h17-21H,2-16H2,1H3/q-1. The Hall–Kier alpha value is -0.610. The summed E-state index contributed by atoms with van der Waals surface area (Å²) in [6, 6.07) is 0.186. The molecule has 3 bridgehead atoms. The number of hydrogen-bond acceptors (Lipinski definition) is 4. The first-order valence-electron chi connectivity index (χ1n) is 11.7. The number of hydroxylamine groups is 2. The summed E-state index contributed by atoms with van der Waals surface area (Å²) in [7, 11) is 1.74. The minimum absolute atomic E-state index is 0.0898. The Kier molecular flexibility index (Phi) is 6.13. The predicted molar refractivity (Wildman–Crippen MR) is 107 cm³/mol. The smallest absolute Gasteiger partial charge is 0.309 e. The molecule has 5 unspecified atom stereocenters. The molecular formula is C23H38NO3-. The quantitative estimate of drug-likeness (QED) is 0.486. The van der Waals surface area contributed by atoms with Crippen LogP contribution in [0.5, 0.6) is 0 Å². The molecule has 27 heavy (non-hydrogen) atoms. The van der Waals surface area contributed by atoms with Crippen LogP contribution in [-0.4, -0.2) is 30.2 Å². The molecule has 0 N–H and O–H groups in total. The van der Waals surface area contributed by atoms with Gasteiger partial charge >= 0.3 is 5.97 Å². The molecule has 0 aromatic heterocycles. The fraction of sp³-hybridized carbons (Fsp3) is 0.957. The summed E-state index contributed by atoms with van der Waals surface area (Å²) in [4.78, 5) is 12.9. The van der Waals surface area contributed by atoms with Gasteiger partial charge in [0.1, 0.15) is 6.10 Å². The lowest BCUT2D eigenvalue weighted by Gasteiger charge is -2.58. The second-order valence-electron chi connectivity index (χ2n) is 10.1. The number of carbonyl (C=O) groups excluding carboxylic acids is 1. The van der Waals surface area contributed by atoms with E-state index in [0.717, 1.165) is 38.5 Å². The molecule has 4 aliphatic carbocycles. The molecule has 0 amide bonds. The maximum absolute atomic E-state index is 12.9. The molecule has 154 valence electrons. The van der Waals surface area contributed by atoms with Crippen LogP contribution < -0.4 is 0 Å². The Labute approximate surface area is 165 Å². The number of esters is 1. The molecule has 5 atom stereocenters. The van der Waals surface area contributed by atoms with E-state index in [4.69, 9.17) is 4.74 Å². The molecule has 4 saturated carbocycles. The van der Waals surface area contributed by atoms with Gasteiger partial charge in [-0.15, -0.1) is 0 Å². The van der Waals surface area contributed by atoms with Crippen LogP contribution in [-0.2, 0) is 9.53 Å². The molecule has 0 aliphatic heterocycles. The van der Waals surface area contributed by atoms with E-state index in [1.165, 1.54) is 62.9 Å². The SMILES string of the molecule is CN([O-])C1C2CCCCCCC3(C2)CC1CCC3OC(=O)C1CCCCC1. The molecular weight excluding hydrogens is 338 g/mol. The normalized spacial score (nSPS) is 40.7. The average Bonchev–Trinajstić information content (AvgIpc) is 2.74. The van der Waals surface area contributed by atoms with Crippen LogP contribution in [0.2, 0.25) is 0 Å². The first kappa shape index (κ1) is 19.7. The van der Waals surface area contributed by atoms with E-state index in [1.807, 2.05) is 0 Å².